The third-order valence-electron chi connectivity index (χ3n) is 2.50. The number of alkyl halides is 4. The van der Waals surface area contributed by atoms with E-state index in [0.717, 1.165) is 12.1 Å². The molecular weight excluding hydrogens is 265 g/mol. The van der Waals surface area contributed by atoms with E-state index in [-0.39, 0.29) is 0 Å². The summed E-state index contributed by atoms with van der Waals surface area (Å²) >= 11 is 6.09. The van der Waals surface area contributed by atoms with Gasteiger partial charge in [0.25, 0.3) is 0 Å². The van der Waals surface area contributed by atoms with Crippen molar-refractivity contribution in [2.24, 2.45) is 0 Å². The fourth-order valence-electron chi connectivity index (χ4n) is 1.61. The van der Waals surface area contributed by atoms with Crippen LogP contribution in [0.1, 0.15) is 22.3 Å². The zero-order chi connectivity index (χ0) is 13.2. The van der Waals surface area contributed by atoms with Crippen molar-refractivity contribution in [3.63, 3.8) is 0 Å². The van der Waals surface area contributed by atoms with Crippen LogP contribution in [0.4, 0.5) is 13.2 Å². The van der Waals surface area contributed by atoms with Crippen LogP contribution in [0.25, 0.3) is 0 Å². The third kappa shape index (κ3) is 3.04. The van der Waals surface area contributed by atoms with Crippen LogP contribution in [0.15, 0.2) is 36.7 Å². The van der Waals surface area contributed by atoms with Gasteiger partial charge in [0, 0.05) is 18.8 Å². The number of benzene rings is 1. The van der Waals surface area contributed by atoms with Gasteiger partial charge in [0.15, 0.2) is 0 Å². The average Bonchev–Trinajstić information content (AvgIpc) is 2.81. The van der Waals surface area contributed by atoms with Crippen molar-refractivity contribution in [1.29, 1.82) is 0 Å². The van der Waals surface area contributed by atoms with E-state index in [4.69, 9.17) is 11.6 Å². The molecule has 0 bridgehead atoms. The lowest BCUT2D eigenvalue weighted by molar-refractivity contribution is -0.137. The van der Waals surface area contributed by atoms with Crippen LogP contribution >= 0.6 is 11.6 Å². The molecule has 0 amide bonds. The second-order valence-electron chi connectivity index (χ2n) is 3.83. The van der Waals surface area contributed by atoms with Gasteiger partial charge in [-0.3, -0.25) is 0 Å². The predicted molar refractivity (Wildman–Crippen MR) is 62.3 cm³/mol. The molecule has 0 spiro atoms. The van der Waals surface area contributed by atoms with Gasteiger partial charge in [-0.15, -0.1) is 11.6 Å². The summed E-state index contributed by atoms with van der Waals surface area (Å²) in [5.41, 5.74) is -0.256. The van der Waals surface area contributed by atoms with Crippen molar-refractivity contribution < 1.29 is 13.2 Å². The number of rotatable bonds is 3. The van der Waals surface area contributed by atoms with Gasteiger partial charge < -0.3 is 4.98 Å². The molecule has 1 heterocycles. The highest BCUT2D eigenvalue weighted by Gasteiger charge is 2.30. The third-order valence-corrected chi connectivity index (χ3v) is 2.91. The standard InChI is InChI=1S/C12H10ClF3N2/c13-10(7-11-17-4-5-18-11)8-2-1-3-9(6-8)12(14,15)16/h1-6,10H,7H2,(H,17,18). The molecule has 1 aromatic heterocycles. The Morgan fingerprint density at radius 3 is 2.72 bits per heavy atom. The van der Waals surface area contributed by atoms with Crippen molar-refractivity contribution >= 4 is 11.6 Å². The van der Waals surface area contributed by atoms with E-state index in [1.165, 1.54) is 6.07 Å². The Bertz CT molecular complexity index is 508. The fraction of sp³-hybridized carbons (Fsp3) is 0.250. The number of aromatic amines is 1. The van der Waals surface area contributed by atoms with Gasteiger partial charge in [-0.2, -0.15) is 13.2 Å². The lowest BCUT2D eigenvalue weighted by Crippen LogP contribution is -2.06. The Hall–Kier alpha value is -1.49. The zero-order valence-corrected chi connectivity index (χ0v) is 9.96. The minimum atomic E-state index is -4.35. The molecule has 0 saturated carbocycles. The first kappa shape index (κ1) is 13.0. The fourth-order valence-corrected chi connectivity index (χ4v) is 1.89. The van der Waals surface area contributed by atoms with E-state index in [9.17, 15) is 13.2 Å². The molecule has 1 atom stereocenters. The van der Waals surface area contributed by atoms with E-state index in [0.29, 0.717) is 17.8 Å². The van der Waals surface area contributed by atoms with E-state index < -0.39 is 17.1 Å². The van der Waals surface area contributed by atoms with Gasteiger partial charge in [-0.25, -0.2) is 4.98 Å². The molecule has 1 aromatic carbocycles. The summed E-state index contributed by atoms with van der Waals surface area (Å²) in [5, 5.41) is -0.543. The highest BCUT2D eigenvalue weighted by Crippen LogP contribution is 2.32. The molecular formula is C12H10ClF3N2. The van der Waals surface area contributed by atoms with E-state index >= 15 is 0 Å². The molecule has 0 aliphatic heterocycles. The summed E-state index contributed by atoms with van der Waals surface area (Å²) in [6, 6.07) is 5.03. The van der Waals surface area contributed by atoms with Crippen molar-refractivity contribution in [1.82, 2.24) is 9.97 Å². The van der Waals surface area contributed by atoms with Gasteiger partial charge in [0.2, 0.25) is 0 Å². The minimum Gasteiger partial charge on any atom is -0.349 e. The number of imidazole rings is 1. The normalized spacial score (nSPS) is 13.6. The Labute approximate surface area is 107 Å². The molecule has 1 unspecified atom stereocenters. The zero-order valence-electron chi connectivity index (χ0n) is 9.21. The number of hydrogen-bond acceptors (Lipinski definition) is 1. The average molecular weight is 275 g/mol. The van der Waals surface area contributed by atoms with Crippen molar-refractivity contribution in [2.75, 3.05) is 0 Å². The maximum atomic E-state index is 12.5. The van der Waals surface area contributed by atoms with Gasteiger partial charge in [-0.1, -0.05) is 18.2 Å². The summed E-state index contributed by atoms with van der Waals surface area (Å²) in [6.45, 7) is 0. The number of aromatic nitrogens is 2. The molecule has 0 aliphatic carbocycles. The second-order valence-corrected chi connectivity index (χ2v) is 4.36. The summed E-state index contributed by atoms with van der Waals surface area (Å²) in [5.74, 6) is 0.646. The largest absolute Gasteiger partial charge is 0.416 e. The van der Waals surface area contributed by atoms with Gasteiger partial charge in [0.05, 0.1) is 10.9 Å². The van der Waals surface area contributed by atoms with Crippen molar-refractivity contribution in [3.05, 3.63) is 53.6 Å². The van der Waals surface area contributed by atoms with E-state index in [2.05, 4.69) is 9.97 Å². The summed E-state index contributed by atoms with van der Waals surface area (Å²) in [6.07, 6.45) is -0.774. The Morgan fingerprint density at radius 1 is 1.33 bits per heavy atom. The van der Waals surface area contributed by atoms with Crippen LogP contribution in [0, 0.1) is 0 Å². The van der Waals surface area contributed by atoms with Crippen LogP contribution in [-0.2, 0) is 12.6 Å². The molecule has 0 aliphatic rings. The van der Waals surface area contributed by atoms with Crippen LogP contribution < -0.4 is 0 Å². The SMILES string of the molecule is FC(F)(F)c1cccc(C(Cl)Cc2ncc[nH]2)c1. The molecule has 2 rings (SSSR count). The molecule has 96 valence electrons. The lowest BCUT2D eigenvalue weighted by Gasteiger charge is -2.12. The summed E-state index contributed by atoms with van der Waals surface area (Å²) < 4.78 is 37.6. The first-order valence-electron chi connectivity index (χ1n) is 5.26. The van der Waals surface area contributed by atoms with Crippen LogP contribution in [0.3, 0.4) is 0 Å². The number of nitrogens with zero attached hydrogens (tertiary/aromatic N) is 1. The van der Waals surface area contributed by atoms with E-state index in [1.54, 1.807) is 18.5 Å². The van der Waals surface area contributed by atoms with Crippen molar-refractivity contribution in [3.8, 4) is 0 Å². The predicted octanol–water partition coefficient (Wildman–Crippen LogP) is 3.95. The molecule has 0 fully saturated rings. The molecule has 6 heteroatoms. The molecule has 0 radical (unpaired) electrons. The van der Waals surface area contributed by atoms with Crippen LogP contribution in [-0.4, -0.2) is 9.97 Å². The summed E-state index contributed by atoms with van der Waals surface area (Å²) in [4.78, 5) is 6.86. The van der Waals surface area contributed by atoms with Crippen LogP contribution in [0.2, 0.25) is 0 Å². The molecule has 0 saturated heterocycles. The van der Waals surface area contributed by atoms with E-state index in [1.807, 2.05) is 0 Å². The number of nitrogens with one attached hydrogen (secondary N) is 1. The monoisotopic (exact) mass is 274 g/mol. The smallest absolute Gasteiger partial charge is 0.349 e. The van der Waals surface area contributed by atoms with Gasteiger partial charge in [-0.05, 0) is 11.6 Å². The molecule has 2 aromatic rings. The molecule has 2 nitrogen and oxygen atoms in total. The minimum absolute atomic E-state index is 0.357. The number of H-pyrrole nitrogens is 1. The molecule has 1 N–H and O–H groups in total. The number of halogens is 4. The maximum Gasteiger partial charge on any atom is 0.416 e. The first-order chi connectivity index (χ1) is 8.47. The maximum absolute atomic E-state index is 12.5. The Balaban J connectivity index is 2.18. The lowest BCUT2D eigenvalue weighted by atomic mass is 10.1. The van der Waals surface area contributed by atoms with Crippen LogP contribution in [0.5, 0.6) is 0 Å². The highest BCUT2D eigenvalue weighted by molar-refractivity contribution is 6.20. The second kappa shape index (κ2) is 5.02. The quantitative estimate of drug-likeness (QED) is 0.844. The van der Waals surface area contributed by atoms with Crippen molar-refractivity contribution in [2.45, 2.75) is 18.0 Å². The van der Waals surface area contributed by atoms with Gasteiger partial charge >= 0.3 is 6.18 Å². The Kier molecular flexibility index (Phi) is 3.61. The molecule has 18 heavy (non-hydrogen) atoms. The summed E-state index contributed by atoms with van der Waals surface area (Å²) in [7, 11) is 0. The van der Waals surface area contributed by atoms with Gasteiger partial charge in [0.1, 0.15) is 5.82 Å². The first-order valence-corrected chi connectivity index (χ1v) is 5.70. The highest BCUT2D eigenvalue weighted by atomic mass is 35.5. The number of hydrogen-bond donors (Lipinski definition) is 1. The Morgan fingerprint density at radius 2 is 2.11 bits per heavy atom. The topological polar surface area (TPSA) is 28.7 Å².